The van der Waals surface area contributed by atoms with E-state index >= 15 is 0 Å². The van der Waals surface area contributed by atoms with Crippen LogP contribution in [0, 0.1) is 0 Å². The average molecular weight is 147 g/mol. The Morgan fingerprint density at radius 1 is 1.89 bits per heavy atom. The monoisotopic (exact) mass is 147 g/mol. The molecule has 0 saturated carbocycles. The first-order valence-electron chi connectivity index (χ1n) is 2.43. The van der Waals surface area contributed by atoms with Crippen molar-refractivity contribution < 1.29 is 9.90 Å². The molecule has 0 aliphatic carbocycles. The molecule has 0 bridgehead atoms. The second-order valence-electron chi connectivity index (χ2n) is 1.51. The van der Waals surface area contributed by atoms with Gasteiger partial charge in [0.25, 0.3) is 0 Å². The average Bonchev–Trinajstić information content (AvgIpc) is 1.83. The maximum atomic E-state index is 10.0. The maximum Gasteiger partial charge on any atom is 0.241 e. The van der Waals surface area contributed by atoms with E-state index in [1.807, 2.05) is 0 Å². The Morgan fingerprint density at radius 3 is 2.78 bits per heavy atom. The van der Waals surface area contributed by atoms with Gasteiger partial charge in [-0.05, 0) is 6.08 Å². The Balaban J connectivity index is 3.56. The molecule has 0 aromatic heterocycles. The van der Waals surface area contributed by atoms with Crippen molar-refractivity contribution in [3.63, 3.8) is 0 Å². The summed E-state index contributed by atoms with van der Waals surface area (Å²) in [6.45, 7) is -0.0904. The summed E-state index contributed by atoms with van der Waals surface area (Å²) in [4.78, 5) is 10.0. The van der Waals surface area contributed by atoms with E-state index in [1.54, 1.807) is 0 Å². The van der Waals surface area contributed by atoms with E-state index in [1.165, 1.54) is 12.2 Å². The van der Waals surface area contributed by atoms with Gasteiger partial charge in [-0.3, -0.25) is 4.79 Å². The molecule has 3 nitrogen and oxygen atoms in total. The minimum Gasteiger partial charge on any atom is -0.395 e. The van der Waals surface area contributed by atoms with Crippen LogP contribution in [0.3, 0.4) is 0 Å². The molecule has 0 rings (SSSR count). The second kappa shape index (κ2) is 4.40. The number of amides is 1. The number of thiol groups is 1. The lowest BCUT2D eigenvalue weighted by molar-refractivity contribution is -0.113. The van der Waals surface area contributed by atoms with Gasteiger partial charge in [-0.1, -0.05) is 6.08 Å². The van der Waals surface area contributed by atoms with Crippen molar-refractivity contribution in [1.82, 2.24) is 0 Å². The molecule has 0 aromatic rings. The van der Waals surface area contributed by atoms with Crippen molar-refractivity contribution in [3.05, 3.63) is 12.2 Å². The first kappa shape index (κ1) is 8.52. The molecule has 0 radical (unpaired) electrons. The number of primary amides is 1. The normalized spacial score (nSPS) is 14.0. The molecule has 1 amide bonds. The number of rotatable bonds is 3. The fraction of sp³-hybridized carbons (Fsp3) is 0.400. The summed E-state index contributed by atoms with van der Waals surface area (Å²) >= 11 is 3.86. The molecule has 0 aromatic carbocycles. The van der Waals surface area contributed by atoms with Gasteiger partial charge in [-0.2, -0.15) is 12.6 Å². The summed E-state index contributed by atoms with van der Waals surface area (Å²) in [5, 5.41) is 8.07. The van der Waals surface area contributed by atoms with Crippen molar-refractivity contribution in [3.8, 4) is 0 Å². The Labute approximate surface area is 59.0 Å². The molecule has 52 valence electrons. The molecule has 0 aliphatic heterocycles. The Hall–Kier alpha value is -0.480. The third-order valence-corrected chi connectivity index (χ3v) is 1.01. The van der Waals surface area contributed by atoms with Gasteiger partial charge in [0.05, 0.1) is 6.61 Å². The first-order chi connectivity index (χ1) is 4.16. The largest absolute Gasteiger partial charge is 0.395 e. The smallest absolute Gasteiger partial charge is 0.241 e. The van der Waals surface area contributed by atoms with Crippen LogP contribution in [0.5, 0.6) is 0 Å². The number of carbonyl (C=O) groups is 1. The molecule has 0 fully saturated rings. The van der Waals surface area contributed by atoms with Crippen molar-refractivity contribution >= 4 is 18.5 Å². The fourth-order valence-corrected chi connectivity index (χ4v) is 0.353. The van der Waals surface area contributed by atoms with Crippen molar-refractivity contribution in [2.75, 3.05) is 6.61 Å². The molecule has 1 atom stereocenters. The van der Waals surface area contributed by atoms with Gasteiger partial charge in [0.15, 0.2) is 0 Å². The van der Waals surface area contributed by atoms with Crippen LogP contribution in [-0.2, 0) is 4.79 Å². The van der Waals surface area contributed by atoms with Gasteiger partial charge in [-0.25, -0.2) is 0 Å². The molecule has 0 spiro atoms. The predicted octanol–water partition coefficient (Wildman–Crippen LogP) is -0.681. The lowest BCUT2D eigenvalue weighted by Crippen LogP contribution is -2.08. The third-order valence-electron chi connectivity index (χ3n) is 0.670. The zero-order valence-electron chi connectivity index (χ0n) is 4.82. The number of carbonyl (C=O) groups excluding carboxylic acids is 1. The molecular weight excluding hydrogens is 138 g/mol. The number of nitrogens with two attached hydrogens (primary N) is 1. The summed E-state index contributed by atoms with van der Waals surface area (Å²) in [7, 11) is 0. The lowest BCUT2D eigenvalue weighted by Gasteiger charge is -1.95. The summed E-state index contributed by atoms with van der Waals surface area (Å²) in [6, 6.07) is 0. The van der Waals surface area contributed by atoms with E-state index in [0.717, 1.165) is 0 Å². The van der Waals surface area contributed by atoms with Crippen LogP contribution in [0.2, 0.25) is 0 Å². The van der Waals surface area contributed by atoms with Crippen molar-refractivity contribution in [2.45, 2.75) is 5.25 Å². The van der Waals surface area contributed by atoms with Gasteiger partial charge < -0.3 is 10.8 Å². The molecule has 0 saturated heterocycles. The van der Waals surface area contributed by atoms with Crippen LogP contribution in [-0.4, -0.2) is 22.9 Å². The van der Waals surface area contributed by atoms with Crippen LogP contribution in [0.1, 0.15) is 0 Å². The van der Waals surface area contributed by atoms with Crippen LogP contribution in [0.4, 0.5) is 0 Å². The van der Waals surface area contributed by atoms with Gasteiger partial charge in [0, 0.05) is 5.25 Å². The Morgan fingerprint density at radius 2 is 2.44 bits per heavy atom. The zero-order chi connectivity index (χ0) is 7.28. The maximum absolute atomic E-state index is 10.0. The highest BCUT2D eigenvalue weighted by atomic mass is 32.1. The number of aliphatic hydroxyl groups excluding tert-OH is 1. The molecule has 1 unspecified atom stereocenters. The van der Waals surface area contributed by atoms with E-state index in [4.69, 9.17) is 10.8 Å². The van der Waals surface area contributed by atoms with Crippen LogP contribution >= 0.6 is 12.6 Å². The Bertz CT molecular complexity index is 124. The lowest BCUT2D eigenvalue weighted by atomic mass is 10.4. The minimum absolute atomic E-state index is 0.0904. The van der Waals surface area contributed by atoms with E-state index in [2.05, 4.69) is 12.6 Å². The van der Waals surface area contributed by atoms with Gasteiger partial charge in [0.2, 0.25) is 5.91 Å². The molecule has 9 heavy (non-hydrogen) atoms. The van der Waals surface area contributed by atoms with Gasteiger partial charge in [0.1, 0.15) is 0 Å². The van der Waals surface area contributed by atoms with E-state index in [-0.39, 0.29) is 11.9 Å². The van der Waals surface area contributed by atoms with Crippen molar-refractivity contribution in [1.29, 1.82) is 0 Å². The number of hydrogen-bond donors (Lipinski definition) is 3. The minimum atomic E-state index is -0.525. The van der Waals surface area contributed by atoms with Gasteiger partial charge in [-0.15, -0.1) is 0 Å². The summed E-state index contributed by atoms with van der Waals surface area (Å²) < 4.78 is 0. The summed E-state index contributed by atoms with van der Waals surface area (Å²) in [5.74, 6) is -0.525. The highest BCUT2D eigenvalue weighted by Crippen LogP contribution is 1.93. The highest BCUT2D eigenvalue weighted by Gasteiger charge is 1.92. The fourth-order valence-electron chi connectivity index (χ4n) is 0.267. The molecule has 4 heteroatoms. The zero-order valence-corrected chi connectivity index (χ0v) is 5.71. The van der Waals surface area contributed by atoms with Crippen LogP contribution in [0.25, 0.3) is 0 Å². The highest BCUT2D eigenvalue weighted by molar-refractivity contribution is 7.81. The quantitative estimate of drug-likeness (QED) is 0.366. The molecule has 0 aliphatic rings. The third kappa shape index (κ3) is 5.39. The second-order valence-corrected chi connectivity index (χ2v) is 2.17. The number of hydrogen-bond acceptors (Lipinski definition) is 3. The summed E-state index contributed by atoms with van der Waals surface area (Å²) in [6.07, 6.45) is 2.61. The van der Waals surface area contributed by atoms with Crippen LogP contribution < -0.4 is 5.73 Å². The SMILES string of the molecule is NC(=O)C=CC(S)CO. The van der Waals surface area contributed by atoms with E-state index in [0.29, 0.717) is 0 Å². The molecular formula is C5H9NO2S. The topological polar surface area (TPSA) is 63.3 Å². The molecule has 0 heterocycles. The number of aliphatic hydroxyl groups is 1. The van der Waals surface area contributed by atoms with Gasteiger partial charge >= 0.3 is 0 Å². The van der Waals surface area contributed by atoms with Crippen LogP contribution in [0.15, 0.2) is 12.2 Å². The molecule has 3 N–H and O–H groups in total. The standard InChI is InChI=1S/C5H9NO2S/c6-5(8)2-1-4(9)3-7/h1-2,4,7,9H,3H2,(H2,6,8). The predicted molar refractivity (Wildman–Crippen MR) is 38.2 cm³/mol. The first-order valence-corrected chi connectivity index (χ1v) is 2.95. The van der Waals surface area contributed by atoms with E-state index in [9.17, 15) is 4.79 Å². The summed E-state index contributed by atoms with van der Waals surface area (Å²) in [5.41, 5.74) is 4.75. The Kier molecular flexibility index (Phi) is 4.17. The van der Waals surface area contributed by atoms with E-state index < -0.39 is 5.91 Å². The van der Waals surface area contributed by atoms with Crippen molar-refractivity contribution in [2.24, 2.45) is 5.73 Å².